The van der Waals surface area contributed by atoms with E-state index >= 15 is 0 Å². The molecule has 0 amide bonds. The molecule has 0 spiro atoms. The van der Waals surface area contributed by atoms with Gasteiger partial charge in [-0.1, -0.05) is 19.4 Å². The fraction of sp³-hybridized carbons (Fsp3) is 0.632. The molecule has 2 heterocycles. The number of carbonyl (C=O) groups excluding carboxylic acids is 1. The van der Waals surface area contributed by atoms with E-state index in [0.29, 0.717) is 23.7 Å². The van der Waals surface area contributed by atoms with Crippen molar-refractivity contribution in [3.63, 3.8) is 0 Å². The number of benzene rings is 1. The summed E-state index contributed by atoms with van der Waals surface area (Å²) in [7, 11) is 0. The minimum absolute atomic E-state index is 0.00350. The molecule has 0 bridgehead atoms. The number of piperidine rings is 1. The Hall–Kier alpha value is -1.75. The van der Waals surface area contributed by atoms with Crippen LogP contribution in [0.15, 0.2) is 18.2 Å². The Kier molecular flexibility index (Phi) is 5.61. The van der Waals surface area contributed by atoms with E-state index in [2.05, 4.69) is 11.8 Å². The first kappa shape index (κ1) is 17.1. The summed E-state index contributed by atoms with van der Waals surface area (Å²) in [6, 6.07) is 5.38. The molecule has 2 aliphatic heterocycles. The quantitative estimate of drug-likeness (QED) is 0.774. The van der Waals surface area contributed by atoms with Gasteiger partial charge in [0.15, 0.2) is 11.5 Å². The third-order valence-electron chi connectivity index (χ3n) is 4.63. The fourth-order valence-corrected chi connectivity index (χ4v) is 3.22. The van der Waals surface area contributed by atoms with Gasteiger partial charge in [0.25, 0.3) is 0 Å². The highest BCUT2D eigenvalue weighted by Gasteiger charge is 2.27. The van der Waals surface area contributed by atoms with Crippen LogP contribution >= 0.6 is 0 Å². The average molecular weight is 333 g/mol. The zero-order valence-corrected chi connectivity index (χ0v) is 14.6. The molecule has 1 aromatic rings. The number of hydrogen-bond acceptors (Lipinski definition) is 5. The summed E-state index contributed by atoms with van der Waals surface area (Å²) in [5.74, 6) is 0.829. The van der Waals surface area contributed by atoms with E-state index in [1.807, 2.05) is 19.1 Å². The molecule has 0 N–H and O–H groups in total. The van der Waals surface area contributed by atoms with Crippen molar-refractivity contribution < 1.29 is 19.0 Å². The average Bonchev–Trinajstić information content (AvgIpc) is 2.60. The largest absolute Gasteiger partial charge is 0.485 e. The molecule has 132 valence electrons. The molecule has 1 aromatic carbocycles. The molecule has 2 aliphatic rings. The van der Waals surface area contributed by atoms with Gasteiger partial charge >= 0.3 is 5.97 Å². The fourth-order valence-electron chi connectivity index (χ4n) is 3.22. The summed E-state index contributed by atoms with van der Waals surface area (Å²) in [5.41, 5.74) is 0.466. The number of unbranched alkanes of at least 4 members (excludes halogenated alkanes) is 1. The molecule has 0 aliphatic carbocycles. The molecular weight excluding hydrogens is 306 g/mol. The standard InChI is InChI=1S/C19H27NO4/c1-3-4-10-20-11-8-15(9-12-20)24-19(21)16-6-5-7-17-18(16)22-13-14(2)23-17/h5-7,14-15H,3-4,8-13H2,1-2H3. The highest BCUT2D eigenvalue weighted by atomic mass is 16.6. The highest BCUT2D eigenvalue weighted by Crippen LogP contribution is 2.35. The lowest BCUT2D eigenvalue weighted by molar-refractivity contribution is 0.0103. The maximum Gasteiger partial charge on any atom is 0.342 e. The van der Waals surface area contributed by atoms with Crippen LogP contribution in [-0.4, -0.2) is 49.3 Å². The number of nitrogens with zero attached hydrogens (tertiary/aromatic N) is 1. The lowest BCUT2D eigenvalue weighted by Gasteiger charge is -2.32. The van der Waals surface area contributed by atoms with Gasteiger partial charge in [0, 0.05) is 13.1 Å². The van der Waals surface area contributed by atoms with Crippen LogP contribution < -0.4 is 9.47 Å². The van der Waals surface area contributed by atoms with Crippen molar-refractivity contribution in [2.45, 2.75) is 51.7 Å². The number of likely N-dealkylation sites (tertiary alicyclic amines) is 1. The van der Waals surface area contributed by atoms with Gasteiger partial charge in [-0.3, -0.25) is 0 Å². The second kappa shape index (κ2) is 7.88. The van der Waals surface area contributed by atoms with Gasteiger partial charge in [-0.05, 0) is 44.9 Å². The molecule has 1 fully saturated rings. The number of ether oxygens (including phenoxy) is 3. The van der Waals surface area contributed by atoms with Crippen molar-refractivity contribution in [3.8, 4) is 11.5 Å². The van der Waals surface area contributed by atoms with E-state index in [-0.39, 0.29) is 18.2 Å². The first-order valence-corrected chi connectivity index (χ1v) is 9.03. The van der Waals surface area contributed by atoms with Crippen LogP contribution in [0.25, 0.3) is 0 Å². The van der Waals surface area contributed by atoms with E-state index in [4.69, 9.17) is 14.2 Å². The van der Waals surface area contributed by atoms with Crippen LogP contribution in [0.5, 0.6) is 11.5 Å². The van der Waals surface area contributed by atoms with Gasteiger partial charge in [-0.15, -0.1) is 0 Å². The number of rotatable bonds is 5. The van der Waals surface area contributed by atoms with Crippen LogP contribution in [0.3, 0.4) is 0 Å². The van der Waals surface area contributed by atoms with Crippen molar-refractivity contribution in [1.29, 1.82) is 0 Å². The summed E-state index contributed by atoms with van der Waals surface area (Å²) in [6.07, 6.45) is 4.24. The van der Waals surface area contributed by atoms with Crippen molar-refractivity contribution in [3.05, 3.63) is 23.8 Å². The smallest absolute Gasteiger partial charge is 0.342 e. The Morgan fingerprint density at radius 3 is 2.88 bits per heavy atom. The Morgan fingerprint density at radius 2 is 2.12 bits per heavy atom. The Morgan fingerprint density at radius 1 is 1.33 bits per heavy atom. The van der Waals surface area contributed by atoms with Crippen LogP contribution in [0, 0.1) is 0 Å². The molecule has 3 rings (SSSR count). The highest BCUT2D eigenvalue weighted by molar-refractivity contribution is 5.93. The first-order chi connectivity index (χ1) is 11.7. The molecule has 0 aromatic heterocycles. The molecule has 5 nitrogen and oxygen atoms in total. The van der Waals surface area contributed by atoms with E-state index in [1.165, 1.54) is 12.8 Å². The van der Waals surface area contributed by atoms with Crippen LogP contribution in [0.4, 0.5) is 0 Å². The molecule has 0 saturated carbocycles. The lowest BCUT2D eigenvalue weighted by atomic mass is 10.1. The summed E-state index contributed by atoms with van der Waals surface area (Å²) >= 11 is 0. The SMILES string of the molecule is CCCCN1CCC(OC(=O)c2cccc3c2OCC(C)O3)CC1. The van der Waals surface area contributed by atoms with Crippen molar-refractivity contribution in [1.82, 2.24) is 4.90 Å². The molecular formula is C19H27NO4. The van der Waals surface area contributed by atoms with Gasteiger partial charge in [0.05, 0.1) is 0 Å². The molecule has 1 unspecified atom stereocenters. The van der Waals surface area contributed by atoms with E-state index in [0.717, 1.165) is 32.5 Å². The van der Waals surface area contributed by atoms with Crippen molar-refractivity contribution in [2.24, 2.45) is 0 Å². The monoisotopic (exact) mass is 333 g/mol. The second-order valence-electron chi connectivity index (χ2n) is 6.67. The lowest BCUT2D eigenvalue weighted by Crippen LogP contribution is -2.38. The van der Waals surface area contributed by atoms with Gasteiger partial charge in [-0.2, -0.15) is 0 Å². The Labute approximate surface area is 143 Å². The number of hydrogen-bond donors (Lipinski definition) is 0. The first-order valence-electron chi connectivity index (χ1n) is 9.03. The van der Waals surface area contributed by atoms with Crippen LogP contribution in [0.1, 0.15) is 49.9 Å². The topological polar surface area (TPSA) is 48.0 Å². The number of esters is 1. The summed E-state index contributed by atoms with van der Waals surface area (Å²) < 4.78 is 17.2. The van der Waals surface area contributed by atoms with Gasteiger partial charge < -0.3 is 19.1 Å². The van der Waals surface area contributed by atoms with Gasteiger partial charge in [0.2, 0.25) is 0 Å². The minimum Gasteiger partial charge on any atom is -0.485 e. The predicted molar refractivity (Wildman–Crippen MR) is 91.8 cm³/mol. The number of para-hydroxylation sites is 1. The van der Waals surface area contributed by atoms with E-state index < -0.39 is 0 Å². The second-order valence-corrected chi connectivity index (χ2v) is 6.67. The molecule has 1 saturated heterocycles. The maximum absolute atomic E-state index is 12.5. The minimum atomic E-state index is -0.308. The van der Waals surface area contributed by atoms with Gasteiger partial charge in [-0.25, -0.2) is 4.79 Å². The predicted octanol–water partition coefficient (Wildman–Crippen LogP) is 3.27. The van der Waals surface area contributed by atoms with Crippen molar-refractivity contribution >= 4 is 5.97 Å². The summed E-state index contributed by atoms with van der Waals surface area (Å²) in [4.78, 5) is 15.0. The summed E-state index contributed by atoms with van der Waals surface area (Å²) in [6.45, 7) is 7.76. The van der Waals surface area contributed by atoms with Crippen LogP contribution in [-0.2, 0) is 4.74 Å². The zero-order chi connectivity index (χ0) is 16.9. The van der Waals surface area contributed by atoms with Gasteiger partial charge in [0.1, 0.15) is 24.4 Å². The molecule has 1 atom stereocenters. The Balaban J connectivity index is 1.58. The van der Waals surface area contributed by atoms with Crippen molar-refractivity contribution in [2.75, 3.05) is 26.2 Å². The maximum atomic E-state index is 12.5. The van der Waals surface area contributed by atoms with E-state index in [1.54, 1.807) is 6.07 Å². The zero-order valence-electron chi connectivity index (χ0n) is 14.6. The number of carbonyl (C=O) groups is 1. The summed E-state index contributed by atoms with van der Waals surface area (Å²) in [5, 5.41) is 0. The normalized spacial score (nSPS) is 21.5. The van der Waals surface area contributed by atoms with E-state index in [9.17, 15) is 4.79 Å². The third kappa shape index (κ3) is 4.01. The van der Waals surface area contributed by atoms with Crippen LogP contribution in [0.2, 0.25) is 0 Å². The molecule has 24 heavy (non-hydrogen) atoms. The Bertz CT molecular complexity index is 566. The molecule has 0 radical (unpaired) electrons. The molecule has 5 heteroatoms. The number of fused-ring (bicyclic) bond motifs is 1. The third-order valence-corrected chi connectivity index (χ3v) is 4.63.